The van der Waals surface area contributed by atoms with Crippen molar-refractivity contribution in [3.05, 3.63) is 19.2 Å². The average molecular weight is 138 g/mol. The van der Waals surface area contributed by atoms with Crippen molar-refractivity contribution in [2.24, 2.45) is 0 Å². The van der Waals surface area contributed by atoms with Crippen LogP contribution in [-0.4, -0.2) is 18.0 Å². The van der Waals surface area contributed by atoms with Crippen molar-refractivity contribution in [1.82, 2.24) is 4.90 Å². The van der Waals surface area contributed by atoms with E-state index in [-0.39, 0.29) is 0 Å². The van der Waals surface area contributed by atoms with Crippen molar-refractivity contribution >= 4 is 0 Å². The molecule has 0 aromatic heterocycles. The van der Waals surface area contributed by atoms with E-state index in [1.165, 1.54) is 25.9 Å². The molecule has 1 aliphatic rings. The molecular weight excluding hydrogens is 122 g/mol. The van der Waals surface area contributed by atoms with Crippen LogP contribution in [0.25, 0.3) is 0 Å². The van der Waals surface area contributed by atoms with E-state index in [1.807, 2.05) is 0 Å². The van der Waals surface area contributed by atoms with Gasteiger partial charge in [0.15, 0.2) is 0 Å². The van der Waals surface area contributed by atoms with Gasteiger partial charge in [-0.3, -0.25) is 0 Å². The first kappa shape index (κ1) is 7.64. The van der Waals surface area contributed by atoms with Crippen LogP contribution in [0.15, 0.2) is 12.3 Å². The first-order valence-electron chi connectivity index (χ1n) is 4.13. The maximum atomic E-state index is 3.78. The number of allylic oxidation sites excluding steroid dienone is 1. The second kappa shape index (κ2) is 4.37. The highest BCUT2D eigenvalue weighted by atomic mass is 15.1. The monoisotopic (exact) mass is 138 g/mol. The zero-order valence-electron chi connectivity index (χ0n) is 6.55. The van der Waals surface area contributed by atoms with E-state index in [0.717, 1.165) is 12.8 Å². The highest BCUT2D eigenvalue weighted by Crippen LogP contribution is 2.07. The Hall–Kier alpha value is -0.460. The lowest BCUT2D eigenvalue weighted by atomic mass is 10.3. The van der Waals surface area contributed by atoms with E-state index in [9.17, 15) is 0 Å². The maximum absolute atomic E-state index is 3.78. The molecule has 1 rings (SSSR count). The summed E-state index contributed by atoms with van der Waals surface area (Å²) >= 11 is 0. The molecule has 1 saturated heterocycles. The minimum Gasteiger partial charge on any atom is -0.378 e. The molecule has 0 saturated carbocycles. The summed E-state index contributed by atoms with van der Waals surface area (Å²) in [4.78, 5) is 2.38. The molecule has 57 valence electrons. The summed E-state index contributed by atoms with van der Waals surface area (Å²) in [5, 5.41) is 0. The first-order chi connectivity index (χ1) is 4.93. The maximum Gasteiger partial charge on any atom is 0.0173 e. The molecule has 0 bridgehead atoms. The summed E-state index contributed by atoms with van der Waals surface area (Å²) in [6.07, 6.45) is 9.32. The lowest BCUT2D eigenvalue weighted by Gasteiger charge is -2.09. The lowest BCUT2D eigenvalue weighted by Crippen LogP contribution is -2.09. The zero-order chi connectivity index (χ0) is 7.23. The molecule has 1 aliphatic heterocycles. The molecule has 0 spiro atoms. The van der Waals surface area contributed by atoms with E-state index >= 15 is 0 Å². The minimum absolute atomic E-state index is 1.02. The van der Waals surface area contributed by atoms with Crippen molar-refractivity contribution < 1.29 is 0 Å². The Morgan fingerprint density at radius 3 is 2.60 bits per heavy atom. The predicted octanol–water partition coefficient (Wildman–Crippen LogP) is 2.21. The summed E-state index contributed by atoms with van der Waals surface area (Å²) < 4.78 is 0. The first-order valence-corrected chi connectivity index (χ1v) is 4.13. The van der Waals surface area contributed by atoms with E-state index < -0.39 is 0 Å². The minimum atomic E-state index is 1.02. The van der Waals surface area contributed by atoms with E-state index in [4.69, 9.17) is 0 Å². The summed E-state index contributed by atoms with van der Waals surface area (Å²) in [5.41, 5.74) is 0. The van der Waals surface area contributed by atoms with Gasteiger partial charge in [-0.05, 0) is 31.9 Å². The van der Waals surface area contributed by atoms with Crippen molar-refractivity contribution in [3.8, 4) is 0 Å². The molecule has 0 aromatic carbocycles. The van der Waals surface area contributed by atoms with Gasteiger partial charge in [0.25, 0.3) is 0 Å². The summed E-state index contributed by atoms with van der Waals surface area (Å²) in [5.74, 6) is 0. The molecule has 1 radical (unpaired) electrons. The number of rotatable bonds is 3. The van der Waals surface area contributed by atoms with Gasteiger partial charge < -0.3 is 4.90 Å². The fourth-order valence-electron chi connectivity index (χ4n) is 1.23. The van der Waals surface area contributed by atoms with Gasteiger partial charge in [-0.15, -0.1) is 0 Å². The zero-order valence-corrected chi connectivity index (χ0v) is 6.55. The molecular formula is C9H16N. The van der Waals surface area contributed by atoms with E-state index in [1.54, 1.807) is 0 Å². The Balaban J connectivity index is 2.10. The van der Waals surface area contributed by atoms with E-state index in [0.29, 0.717) is 0 Å². The van der Waals surface area contributed by atoms with Gasteiger partial charge in [0.2, 0.25) is 0 Å². The molecule has 0 unspecified atom stereocenters. The number of unbranched alkanes of at least 4 members (excludes halogenated alkanes) is 1. The van der Waals surface area contributed by atoms with Crippen LogP contribution < -0.4 is 0 Å². The molecule has 1 fully saturated rings. The summed E-state index contributed by atoms with van der Waals surface area (Å²) in [6.45, 7) is 6.30. The van der Waals surface area contributed by atoms with Crippen LogP contribution in [0.4, 0.5) is 0 Å². The number of hydrogen-bond donors (Lipinski definition) is 0. The molecule has 0 aromatic rings. The quantitative estimate of drug-likeness (QED) is 0.578. The third-order valence-corrected chi connectivity index (χ3v) is 1.83. The van der Waals surface area contributed by atoms with Crippen molar-refractivity contribution in [3.63, 3.8) is 0 Å². The van der Waals surface area contributed by atoms with Crippen LogP contribution in [0.5, 0.6) is 0 Å². The molecule has 0 amide bonds. The van der Waals surface area contributed by atoms with Crippen molar-refractivity contribution in [2.75, 3.05) is 13.1 Å². The van der Waals surface area contributed by atoms with E-state index in [2.05, 4.69) is 24.1 Å². The van der Waals surface area contributed by atoms with Gasteiger partial charge in [0, 0.05) is 13.1 Å². The normalized spacial score (nSPS) is 19.1. The van der Waals surface area contributed by atoms with Crippen LogP contribution in [-0.2, 0) is 0 Å². The average Bonchev–Trinajstić information content (AvgIpc) is 2.41. The fraction of sp³-hybridized carbons (Fsp3) is 0.667. The summed E-state index contributed by atoms with van der Waals surface area (Å²) in [7, 11) is 0. The largest absolute Gasteiger partial charge is 0.378 e. The molecule has 10 heavy (non-hydrogen) atoms. The Kier molecular flexibility index (Phi) is 3.34. The Labute approximate surface area is 63.7 Å². The smallest absolute Gasteiger partial charge is 0.0173 e. The third-order valence-electron chi connectivity index (χ3n) is 1.83. The van der Waals surface area contributed by atoms with Crippen LogP contribution in [0, 0.1) is 6.92 Å². The van der Waals surface area contributed by atoms with Gasteiger partial charge >= 0.3 is 0 Å². The van der Waals surface area contributed by atoms with Gasteiger partial charge in [0.1, 0.15) is 0 Å². The van der Waals surface area contributed by atoms with Gasteiger partial charge in [0.05, 0.1) is 0 Å². The van der Waals surface area contributed by atoms with Gasteiger partial charge in [-0.25, -0.2) is 0 Å². The van der Waals surface area contributed by atoms with Crippen molar-refractivity contribution in [2.45, 2.75) is 25.7 Å². The SMILES string of the molecule is [CH2]CCC=CN1CCCC1. The molecule has 0 atom stereocenters. The van der Waals surface area contributed by atoms with Gasteiger partial charge in [-0.2, -0.15) is 0 Å². The second-order valence-electron chi connectivity index (χ2n) is 2.77. The number of nitrogens with zero attached hydrogens (tertiary/aromatic N) is 1. The molecule has 1 heteroatoms. The standard InChI is InChI=1S/C9H16N/c1-2-3-4-7-10-8-5-6-9-10/h4,7H,1-3,5-6,8-9H2. The lowest BCUT2D eigenvalue weighted by molar-refractivity contribution is 0.466. The Bertz CT molecular complexity index is 101. The topological polar surface area (TPSA) is 3.24 Å². The molecule has 0 aliphatic carbocycles. The predicted molar refractivity (Wildman–Crippen MR) is 44.5 cm³/mol. The van der Waals surface area contributed by atoms with Gasteiger partial charge in [-0.1, -0.05) is 13.0 Å². The third kappa shape index (κ3) is 2.42. The highest BCUT2D eigenvalue weighted by Gasteiger charge is 2.05. The van der Waals surface area contributed by atoms with Crippen LogP contribution in [0.1, 0.15) is 25.7 Å². The molecule has 1 heterocycles. The van der Waals surface area contributed by atoms with Crippen LogP contribution in [0.2, 0.25) is 0 Å². The molecule has 1 nitrogen and oxygen atoms in total. The van der Waals surface area contributed by atoms with Crippen molar-refractivity contribution in [1.29, 1.82) is 0 Å². The number of hydrogen-bond acceptors (Lipinski definition) is 1. The Morgan fingerprint density at radius 2 is 2.00 bits per heavy atom. The van der Waals surface area contributed by atoms with Crippen LogP contribution >= 0.6 is 0 Å². The Morgan fingerprint density at radius 1 is 1.30 bits per heavy atom. The molecule has 0 N–H and O–H groups in total. The fourth-order valence-corrected chi connectivity index (χ4v) is 1.23. The van der Waals surface area contributed by atoms with Crippen LogP contribution in [0.3, 0.4) is 0 Å². The second-order valence-corrected chi connectivity index (χ2v) is 2.77. The summed E-state index contributed by atoms with van der Waals surface area (Å²) in [6, 6.07) is 0. The highest BCUT2D eigenvalue weighted by molar-refractivity contribution is 4.84. The number of likely N-dealkylation sites (tertiary alicyclic amines) is 1.